The Labute approximate surface area is 228 Å². The van der Waals surface area contributed by atoms with Crippen molar-refractivity contribution in [3.05, 3.63) is 35.4 Å². The minimum Gasteiger partial charge on any atom is -0.745 e. The van der Waals surface area contributed by atoms with Crippen LogP contribution in [0.3, 0.4) is 0 Å². The van der Waals surface area contributed by atoms with Gasteiger partial charge in [0.15, 0.2) is 5.44 Å². The SMILES string of the molecule is CCCCCCCCCCOC(=O)c1ccccc1C(=O)OC(CCC)S(=O)(=O)[O-].[K+]. The fourth-order valence-electron chi connectivity index (χ4n) is 3.00. The minimum atomic E-state index is -4.80. The van der Waals surface area contributed by atoms with Crippen molar-refractivity contribution in [2.45, 2.75) is 83.5 Å². The topological polar surface area (TPSA) is 110 Å². The van der Waals surface area contributed by atoms with Crippen LogP contribution in [0.25, 0.3) is 0 Å². The van der Waals surface area contributed by atoms with Crippen LogP contribution >= 0.6 is 0 Å². The van der Waals surface area contributed by atoms with Crippen molar-refractivity contribution in [1.82, 2.24) is 0 Å². The summed E-state index contributed by atoms with van der Waals surface area (Å²) in [4.78, 5) is 24.8. The third-order valence-electron chi connectivity index (χ3n) is 4.68. The summed E-state index contributed by atoms with van der Waals surface area (Å²) >= 11 is 0. The Balaban J connectivity index is 0.00000900. The summed E-state index contributed by atoms with van der Waals surface area (Å²) in [7, 11) is -4.80. The molecule has 0 amide bonds. The molecule has 31 heavy (non-hydrogen) atoms. The molecule has 0 bridgehead atoms. The van der Waals surface area contributed by atoms with Gasteiger partial charge in [-0.1, -0.05) is 77.3 Å². The molecule has 7 nitrogen and oxygen atoms in total. The third-order valence-corrected chi connectivity index (χ3v) is 5.66. The third kappa shape index (κ3) is 12.5. The number of ether oxygens (including phenoxy) is 2. The van der Waals surface area contributed by atoms with Gasteiger partial charge in [0.1, 0.15) is 10.1 Å². The van der Waals surface area contributed by atoms with Crippen LogP contribution in [-0.4, -0.2) is 37.0 Å². The van der Waals surface area contributed by atoms with E-state index in [2.05, 4.69) is 6.92 Å². The van der Waals surface area contributed by atoms with E-state index in [1.807, 2.05) is 0 Å². The molecule has 0 saturated carbocycles. The number of carbonyl (C=O) groups excluding carboxylic acids is 2. The molecule has 0 aliphatic carbocycles. The van der Waals surface area contributed by atoms with Crippen LogP contribution in [-0.2, 0) is 19.6 Å². The molecule has 0 aromatic heterocycles. The van der Waals surface area contributed by atoms with Gasteiger partial charge in [-0.25, -0.2) is 18.0 Å². The van der Waals surface area contributed by atoms with Crippen LogP contribution in [0.1, 0.15) is 98.8 Å². The van der Waals surface area contributed by atoms with Crippen LogP contribution in [0.4, 0.5) is 0 Å². The van der Waals surface area contributed by atoms with Crippen LogP contribution in [0.2, 0.25) is 0 Å². The molecule has 170 valence electrons. The molecule has 0 radical (unpaired) electrons. The van der Waals surface area contributed by atoms with Gasteiger partial charge in [-0.15, -0.1) is 0 Å². The molecular weight excluding hydrogens is 447 g/mol. The van der Waals surface area contributed by atoms with Gasteiger partial charge in [0, 0.05) is 0 Å². The Morgan fingerprint density at radius 2 is 1.39 bits per heavy atom. The summed E-state index contributed by atoms with van der Waals surface area (Å²) in [5.74, 6) is -1.71. The zero-order valence-electron chi connectivity index (χ0n) is 18.9. The van der Waals surface area contributed by atoms with Crippen molar-refractivity contribution in [3.8, 4) is 0 Å². The summed E-state index contributed by atoms with van der Waals surface area (Å²) in [5.41, 5.74) is -1.92. The molecule has 0 fully saturated rings. The van der Waals surface area contributed by atoms with E-state index in [0.29, 0.717) is 6.42 Å². The summed E-state index contributed by atoms with van der Waals surface area (Å²) < 4.78 is 44.0. The van der Waals surface area contributed by atoms with Crippen LogP contribution in [0.5, 0.6) is 0 Å². The Bertz CT molecular complexity index is 765. The van der Waals surface area contributed by atoms with E-state index < -0.39 is 27.5 Å². The van der Waals surface area contributed by atoms with E-state index in [9.17, 15) is 22.6 Å². The zero-order chi connectivity index (χ0) is 22.4. The molecule has 0 saturated heterocycles. The van der Waals surface area contributed by atoms with Gasteiger partial charge >= 0.3 is 63.3 Å². The summed E-state index contributed by atoms with van der Waals surface area (Å²) in [6.07, 6.45) is 9.16. The smallest absolute Gasteiger partial charge is 0.745 e. The number of benzene rings is 1. The normalized spacial score (nSPS) is 12.0. The van der Waals surface area contributed by atoms with Crippen molar-refractivity contribution in [1.29, 1.82) is 0 Å². The number of hydrogen-bond donors (Lipinski definition) is 0. The number of carbonyl (C=O) groups is 2. The Hall–Kier alpha value is -0.294. The number of rotatable bonds is 15. The van der Waals surface area contributed by atoms with E-state index in [1.165, 1.54) is 50.3 Å². The zero-order valence-corrected chi connectivity index (χ0v) is 22.9. The molecule has 1 atom stereocenters. The first-order chi connectivity index (χ1) is 14.3. The predicted octanol–water partition coefficient (Wildman–Crippen LogP) is 1.82. The average Bonchev–Trinajstić information content (AvgIpc) is 2.71. The summed E-state index contributed by atoms with van der Waals surface area (Å²) in [5, 5.41) is 0. The quantitative estimate of drug-likeness (QED) is 0.163. The molecule has 0 aliphatic heterocycles. The molecule has 1 aromatic rings. The van der Waals surface area contributed by atoms with Gasteiger partial charge in [-0.2, -0.15) is 0 Å². The standard InChI is InChI=1S/C22H34O7S.K/c1-3-5-6-7-8-9-10-13-17-28-21(23)18-15-11-12-16-19(18)22(24)29-20(14-4-2)30(25,26)27;/h11-12,15-16,20H,3-10,13-14,17H2,1-2H3,(H,25,26,27);/q;+1/p-1. The molecule has 1 aromatic carbocycles. The molecular formula is C22H33KO7S. The second kappa shape index (κ2) is 17.2. The van der Waals surface area contributed by atoms with Gasteiger partial charge in [-0.05, 0) is 25.0 Å². The van der Waals surface area contributed by atoms with Crippen molar-refractivity contribution >= 4 is 22.1 Å². The molecule has 9 heteroatoms. The molecule has 0 spiro atoms. The van der Waals surface area contributed by atoms with Gasteiger partial charge < -0.3 is 14.0 Å². The number of esters is 2. The Morgan fingerprint density at radius 1 is 0.871 bits per heavy atom. The first-order valence-corrected chi connectivity index (χ1v) is 12.2. The summed E-state index contributed by atoms with van der Waals surface area (Å²) in [6, 6.07) is 5.84. The van der Waals surface area contributed by atoms with Crippen molar-refractivity contribution in [3.63, 3.8) is 0 Å². The maximum absolute atomic E-state index is 12.4. The van der Waals surface area contributed by atoms with Crippen LogP contribution in [0.15, 0.2) is 24.3 Å². The van der Waals surface area contributed by atoms with E-state index >= 15 is 0 Å². The monoisotopic (exact) mass is 480 g/mol. The van der Waals surface area contributed by atoms with Gasteiger partial charge in [-0.3, -0.25) is 0 Å². The van der Waals surface area contributed by atoms with Crippen LogP contribution in [0, 0.1) is 0 Å². The Kier molecular flexibility index (Phi) is 17.1. The minimum absolute atomic E-state index is 0. The Morgan fingerprint density at radius 3 is 1.90 bits per heavy atom. The van der Waals surface area contributed by atoms with Gasteiger partial charge in [0.05, 0.1) is 17.7 Å². The number of unbranched alkanes of at least 4 members (excludes halogenated alkanes) is 7. The van der Waals surface area contributed by atoms with Crippen molar-refractivity contribution in [2.24, 2.45) is 0 Å². The maximum Gasteiger partial charge on any atom is 1.00 e. The fraction of sp³-hybridized carbons (Fsp3) is 0.636. The molecule has 1 unspecified atom stereocenters. The molecule has 0 N–H and O–H groups in total. The fourth-order valence-corrected chi connectivity index (χ4v) is 3.73. The average molecular weight is 481 g/mol. The second-order valence-electron chi connectivity index (χ2n) is 7.27. The van der Waals surface area contributed by atoms with Crippen molar-refractivity contribution < 1.29 is 83.4 Å². The van der Waals surface area contributed by atoms with E-state index in [4.69, 9.17) is 9.47 Å². The van der Waals surface area contributed by atoms with Crippen molar-refractivity contribution in [2.75, 3.05) is 6.61 Å². The summed E-state index contributed by atoms with van der Waals surface area (Å²) in [6.45, 7) is 4.09. The van der Waals surface area contributed by atoms with E-state index in [1.54, 1.807) is 13.0 Å². The maximum atomic E-state index is 12.4. The van der Waals surface area contributed by atoms with Gasteiger partial charge in [0.2, 0.25) is 0 Å². The first kappa shape index (κ1) is 30.7. The second-order valence-corrected chi connectivity index (χ2v) is 8.78. The first-order valence-electron chi connectivity index (χ1n) is 10.7. The van der Waals surface area contributed by atoms with Gasteiger partial charge in [0.25, 0.3) is 0 Å². The predicted molar refractivity (Wildman–Crippen MR) is 113 cm³/mol. The molecule has 0 aliphatic rings. The van der Waals surface area contributed by atoms with Crippen LogP contribution < -0.4 is 51.4 Å². The van der Waals surface area contributed by atoms with E-state index in [-0.39, 0.29) is 75.5 Å². The largest absolute Gasteiger partial charge is 1.00 e. The van der Waals surface area contributed by atoms with E-state index in [0.717, 1.165) is 19.3 Å². The number of hydrogen-bond acceptors (Lipinski definition) is 7. The molecule has 0 heterocycles. The molecule has 1 rings (SSSR count).